The molecule has 0 saturated carbocycles. The van der Waals surface area contributed by atoms with Gasteiger partial charge in [-0.3, -0.25) is 0 Å². The molecule has 2 nitrogen and oxygen atoms in total. The van der Waals surface area contributed by atoms with Gasteiger partial charge >= 0.3 is 0 Å². The van der Waals surface area contributed by atoms with Crippen LogP contribution in [0.2, 0.25) is 0 Å². The van der Waals surface area contributed by atoms with Crippen LogP contribution in [0.1, 0.15) is 90.4 Å². The van der Waals surface area contributed by atoms with E-state index in [1.54, 1.807) is 0 Å². The van der Waals surface area contributed by atoms with Crippen LogP contribution in [0.15, 0.2) is 0 Å². The summed E-state index contributed by atoms with van der Waals surface area (Å²) < 4.78 is 5.51. The number of hydrogen-bond donors (Lipinski definition) is 1. The Kier molecular flexibility index (Phi) is 18.8. The van der Waals surface area contributed by atoms with Gasteiger partial charge in [-0.05, 0) is 13.5 Å². The fourth-order valence-corrected chi connectivity index (χ4v) is 2.50. The molecule has 0 aliphatic rings. The van der Waals surface area contributed by atoms with Gasteiger partial charge in [0.2, 0.25) is 0 Å². The zero-order chi connectivity index (χ0) is 14.7. The summed E-state index contributed by atoms with van der Waals surface area (Å²) in [6.45, 7) is 5.06. The zero-order valence-electron chi connectivity index (χ0n) is 14.2. The highest BCUT2D eigenvalue weighted by Crippen LogP contribution is 2.12. The van der Waals surface area contributed by atoms with Gasteiger partial charge in [0.15, 0.2) is 0 Å². The molecule has 0 fully saturated rings. The molecule has 0 atom stereocenters. The molecule has 1 N–H and O–H groups in total. The Bertz CT molecular complexity index is 143. The summed E-state index contributed by atoms with van der Waals surface area (Å²) in [6.07, 6.45) is 18.4. The van der Waals surface area contributed by atoms with E-state index in [-0.39, 0.29) is 0 Å². The average molecular weight is 286 g/mol. The molecule has 122 valence electrons. The second-order valence-corrected chi connectivity index (χ2v) is 5.96. The first-order valence-corrected chi connectivity index (χ1v) is 9.14. The molecule has 0 aliphatic carbocycles. The van der Waals surface area contributed by atoms with Crippen LogP contribution in [0.3, 0.4) is 0 Å². The van der Waals surface area contributed by atoms with E-state index in [1.165, 1.54) is 83.5 Å². The van der Waals surface area contributed by atoms with Crippen LogP contribution < -0.4 is 5.32 Å². The van der Waals surface area contributed by atoms with E-state index in [4.69, 9.17) is 4.74 Å². The monoisotopic (exact) mass is 285 g/mol. The van der Waals surface area contributed by atoms with E-state index in [9.17, 15) is 0 Å². The Balaban J connectivity index is 2.89. The maximum Gasteiger partial charge on any atom is 0.0590 e. The van der Waals surface area contributed by atoms with Crippen molar-refractivity contribution in [3.05, 3.63) is 0 Å². The number of unbranched alkanes of at least 4 members (excludes halogenated alkanes) is 12. The van der Waals surface area contributed by atoms with Gasteiger partial charge in [-0.2, -0.15) is 0 Å². The van der Waals surface area contributed by atoms with Crippen LogP contribution in [0.5, 0.6) is 0 Å². The van der Waals surface area contributed by atoms with Crippen molar-refractivity contribution >= 4 is 0 Å². The van der Waals surface area contributed by atoms with Crippen molar-refractivity contribution in [3.63, 3.8) is 0 Å². The molecular weight excluding hydrogens is 246 g/mol. The van der Waals surface area contributed by atoms with Gasteiger partial charge < -0.3 is 10.1 Å². The summed E-state index contributed by atoms with van der Waals surface area (Å²) in [5.41, 5.74) is 0. The molecule has 0 aromatic carbocycles. The van der Waals surface area contributed by atoms with Crippen molar-refractivity contribution < 1.29 is 4.74 Å². The minimum absolute atomic E-state index is 0.856. The van der Waals surface area contributed by atoms with Crippen LogP contribution in [0.25, 0.3) is 0 Å². The van der Waals surface area contributed by atoms with Crippen molar-refractivity contribution in [2.24, 2.45) is 0 Å². The molecule has 0 saturated heterocycles. The highest BCUT2D eigenvalue weighted by atomic mass is 16.5. The molecule has 2 heteroatoms. The summed E-state index contributed by atoms with van der Waals surface area (Å²) in [4.78, 5) is 0. The molecule has 0 bridgehead atoms. The first kappa shape index (κ1) is 19.9. The predicted octanol–water partition coefficient (Wildman–Crippen LogP) is 5.31. The smallest absolute Gasteiger partial charge is 0.0590 e. The Morgan fingerprint density at radius 1 is 0.600 bits per heavy atom. The van der Waals surface area contributed by atoms with E-state index in [0.717, 1.165) is 19.8 Å². The molecule has 0 amide bonds. The molecule has 0 heterocycles. The van der Waals surface area contributed by atoms with Crippen molar-refractivity contribution in [1.82, 2.24) is 5.32 Å². The summed E-state index contributed by atoms with van der Waals surface area (Å²) >= 11 is 0. The van der Waals surface area contributed by atoms with Gasteiger partial charge in [-0.25, -0.2) is 0 Å². The lowest BCUT2D eigenvalue weighted by molar-refractivity contribution is 0.133. The standard InChI is InChI=1S/C18H39NO/c1-3-4-5-6-7-8-9-10-11-12-13-14-15-17-20-18-16-19-2/h19H,3-18H2,1-2H3. The quantitative estimate of drug-likeness (QED) is 0.365. The SMILES string of the molecule is CCCCCCCCCCCCCCCOCCNC. The maximum absolute atomic E-state index is 5.51. The average Bonchev–Trinajstić information content (AvgIpc) is 2.47. The molecule has 0 rings (SSSR count). The number of rotatable bonds is 17. The topological polar surface area (TPSA) is 21.3 Å². The lowest BCUT2D eigenvalue weighted by atomic mass is 10.0. The Morgan fingerprint density at radius 3 is 1.50 bits per heavy atom. The molecule has 0 radical (unpaired) electrons. The summed E-state index contributed by atoms with van der Waals surface area (Å²) in [6, 6.07) is 0. The first-order chi connectivity index (χ1) is 9.91. The van der Waals surface area contributed by atoms with E-state index in [0.29, 0.717) is 0 Å². The van der Waals surface area contributed by atoms with Gasteiger partial charge in [0.05, 0.1) is 6.61 Å². The van der Waals surface area contributed by atoms with Crippen molar-refractivity contribution in [3.8, 4) is 0 Å². The molecule has 0 aromatic rings. The van der Waals surface area contributed by atoms with Gasteiger partial charge in [-0.1, -0.05) is 84.0 Å². The Hall–Kier alpha value is -0.0800. The van der Waals surface area contributed by atoms with E-state index < -0.39 is 0 Å². The van der Waals surface area contributed by atoms with Crippen molar-refractivity contribution in [1.29, 1.82) is 0 Å². The number of likely N-dealkylation sites (N-methyl/N-ethyl adjacent to an activating group) is 1. The largest absolute Gasteiger partial charge is 0.380 e. The first-order valence-electron chi connectivity index (χ1n) is 9.14. The van der Waals surface area contributed by atoms with Crippen LogP contribution >= 0.6 is 0 Å². The number of ether oxygens (including phenoxy) is 1. The zero-order valence-corrected chi connectivity index (χ0v) is 14.2. The molecular formula is C18H39NO. The van der Waals surface area contributed by atoms with Crippen molar-refractivity contribution in [2.75, 3.05) is 26.8 Å². The maximum atomic E-state index is 5.51. The highest BCUT2D eigenvalue weighted by molar-refractivity contribution is 4.49. The normalized spacial score (nSPS) is 11.1. The fraction of sp³-hybridized carbons (Fsp3) is 1.00. The summed E-state index contributed by atoms with van der Waals surface area (Å²) in [7, 11) is 1.97. The molecule has 0 aliphatic heterocycles. The van der Waals surface area contributed by atoms with Crippen LogP contribution in [0.4, 0.5) is 0 Å². The Morgan fingerprint density at radius 2 is 1.05 bits per heavy atom. The number of hydrogen-bond acceptors (Lipinski definition) is 2. The van der Waals surface area contributed by atoms with Gasteiger partial charge in [-0.15, -0.1) is 0 Å². The third-order valence-corrected chi connectivity index (χ3v) is 3.89. The molecule has 0 spiro atoms. The summed E-state index contributed by atoms with van der Waals surface area (Å²) in [5.74, 6) is 0. The van der Waals surface area contributed by atoms with Crippen LogP contribution in [0, 0.1) is 0 Å². The van der Waals surface area contributed by atoms with E-state index in [2.05, 4.69) is 12.2 Å². The minimum Gasteiger partial charge on any atom is -0.380 e. The second kappa shape index (κ2) is 18.9. The highest BCUT2D eigenvalue weighted by Gasteiger charge is 1.94. The third-order valence-electron chi connectivity index (χ3n) is 3.89. The lowest BCUT2D eigenvalue weighted by Gasteiger charge is -2.04. The third kappa shape index (κ3) is 17.9. The minimum atomic E-state index is 0.856. The van der Waals surface area contributed by atoms with Gasteiger partial charge in [0, 0.05) is 13.2 Å². The molecule has 0 aromatic heterocycles. The molecule has 0 unspecified atom stereocenters. The summed E-state index contributed by atoms with van der Waals surface area (Å²) in [5, 5.41) is 3.09. The lowest BCUT2D eigenvalue weighted by Crippen LogP contribution is -2.14. The molecule has 20 heavy (non-hydrogen) atoms. The second-order valence-electron chi connectivity index (χ2n) is 5.96. The van der Waals surface area contributed by atoms with Gasteiger partial charge in [0.25, 0.3) is 0 Å². The number of nitrogens with one attached hydrogen (secondary N) is 1. The van der Waals surface area contributed by atoms with Crippen LogP contribution in [-0.2, 0) is 4.74 Å². The predicted molar refractivity (Wildman–Crippen MR) is 90.4 cm³/mol. The Labute approximate surface area is 128 Å². The fourth-order valence-electron chi connectivity index (χ4n) is 2.50. The van der Waals surface area contributed by atoms with Crippen LogP contribution in [-0.4, -0.2) is 26.8 Å². The van der Waals surface area contributed by atoms with Crippen molar-refractivity contribution in [2.45, 2.75) is 90.4 Å². The van der Waals surface area contributed by atoms with E-state index in [1.807, 2.05) is 7.05 Å². The van der Waals surface area contributed by atoms with E-state index >= 15 is 0 Å². The van der Waals surface area contributed by atoms with Gasteiger partial charge in [0.1, 0.15) is 0 Å².